The van der Waals surface area contributed by atoms with Gasteiger partial charge in [-0.3, -0.25) is 0 Å². The summed E-state index contributed by atoms with van der Waals surface area (Å²) in [6, 6.07) is 62.0. The van der Waals surface area contributed by atoms with Gasteiger partial charge >= 0.3 is 0 Å². The quantitative estimate of drug-likeness (QED) is 0.165. The van der Waals surface area contributed by atoms with Crippen molar-refractivity contribution < 1.29 is 0 Å². The van der Waals surface area contributed by atoms with Crippen molar-refractivity contribution in [3.05, 3.63) is 181 Å². The lowest BCUT2D eigenvalue weighted by Crippen LogP contribution is -2.05. The summed E-state index contributed by atoms with van der Waals surface area (Å²) in [5.74, 6) is 0. The third-order valence-electron chi connectivity index (χ3n) is 9.06. The van der Waals surface area contributed by atoms with E-state index in [2.05, 4.69) is 184 Å². The molecular formula is C46H38. The van der Waals surface area contributed by atoms with Crippen LogP contribution in [0, 0.1) is 0 Å². The molecule has 0 heterocycles. The lowest BCUT2D eigenvalue weighted by atomic mass is 9.72. The highest BCUT2D eigenvalue weighted by Crippen LogP contribution is 2.56. The van der Waals surface area contributed by atoms with E-state index in [-0.39, 0.29) is 0 Å². The fourth-order valence-electron chi connectivity index (χ4n) is 7.03. The second-order valence-corrected chi connectivity index (χ2v) is 11.7. The molecule has 0 fully saturated rings. The van der Waals surface area contributed by atoms with Crippen molar-refractivity contribution in [1.82, 2.24) is 0 Å². The van der Waals surface area contributed by atoms with Crippen LogP contribution >= 0.6 is 0 Å². The van der Waals surface area contributed by atoms with Crippen LogP contribution in [0.1, 0.15) is 25.0 Å². The first-order valence-electron chi connectivity index (χ1n) is 16.4. The van der Waals surface area contributed by atoms with Crippen molar-refractivity contribution in [2.24, 2.45) is 0 Å². The number of aryl methyl sites for hydroxylation is 2. The molecular weight excluding hydrogens is 553 g/mol. The molecule has 0 heteroatoms. The topological polar surface area (TPSA) is 0 Å². The molecule has 0 unspecified atom stereocenters. The van der Waals surface area contributed by atoms with E-state index in [1.165, 1.54) is 77.9 Å². The molecule has 0 amide bonds. The number of rotatable bonds is 8. The van der Waals surface area contributed by atoms with Gasteiger partial charge in [0.15, 0.2) is 0 Å². The minimum atomic E-state index is 0.952. The summed E-state index contributed by atoms with van der Waals surface area (Å²) in [5, 5.41) is 0. The summed E-state index contributed by atoms with van der Waals surface area (Å²) in [6.45, 7) is 4.58. The highest BCUT2D eigenvalue weighted by atomic mass is 14.3. The van der Waals surface area contributed by atoms with Crippen LogP contribution in [0.5, 0.6) is 0 Å². The van der Waals surface area contributed by atoms with E-state index in [0.717, 1.165) is 12.8 Å². The van der Waals surface area contributed by atoms with E-state index in [1.807, 2.05) is 0 Å². The fraction of sp³-hybridized carbons (Fsp3) is 0.0870. The molecule has 0 aromatic heterocycles. The molecule has 0 nitrogen and oxygen atoms in total. The summed E-state index contributed by atoms with van der Waals surface area (Å²) in [6.07, 6.45) is 1.90. The smallest absolute Gasteiger partial charge is 0.000834 e. The van der Waals surface area contributed by atoms with Crippen molar-refractivity contribution in [2.75, 3.05) is 0 Å². The zero-order chi connectivity index (χ0) is 31.3. The van der Waals surface area contributed by atoms with E-state index in [0.29, 0.717) is 0 Å². The number of hydrogen-bond acceptors (Lipinski definition) is 0. The second-order valence-electron chi connectivity index (χ2n) is 11.7. The predicted molar refractivity (Wildman–Crippen MR) is 198 cm³/mol. The van der Waals surface area contributed by atoms with Crippen LogP contribution in [0.4, 0.5) is 0 Å². The van der Waals surface area contributed by atoms with E-state index < -0.39 is 0 Å². The molecule has 0 N–H and O–H groups in total. The molecule has 7 aromatic carbocycles. The zero-order valence-corrected chi connectivity index (χ0v) is 26.6. The average molecular weight is 591 g/mol. The number of hydrogen-bond donors (Lipinski definition) is 0. The van der Waals surface area contributed by atoms with Crippen LogP contribution in [-0.4, -0.2) is 0 Å². The van der Waals surface area contributed by atoms with Crippen molar-refractivity contribution in [1.29, 1.82) is 0 Å². The fourth-order valence-corrected chi connectivity index (χ4v) is 7.03. The second kappa shape index (κ2) is 13.3. The van der Waals surface area contributed by atoms with E-state index in [9.17, 15) is 0 Å². The zero-order valence-electron chi connectivity index (χ0n) is 26.6. The molecule has 0 radical (unpaired) electrons. The first-order chi connectivity index (χ1) is 22.8. The maximum absolute atomic E-state index is 2.33. The SMILES string of the molecule is CCc1cccc(CC)c1-c1c(-c2ccccc2)c(-c2ccccc2)c(-c2ccccc2)c(-c2ccccc2)c1-c1ccccc1. The Morgan fingerprint density at radius 3 is 0.717 bits per heavy atom. The molecule has 0 atom stereocenters. The monoisotopic (exact) mass is 590 g/mol. The van der Waals surface area contributed by atoms with Crippen molar-refractivity contribution in [3.63, 3.8) is 0 Å². The van der Waals surface area contributed by atoms with Gasteiger partial charge in [-0.1, -0.05) is 184 Å². The van der Waals surface area contributed by atoms with Gasteiger partial charge in [0.1, 0.15) is 0 Å². The first kappa shape index (κ1) is 29.3. The van der Waals surface area contributed by atoms with Crippen molar-refractivity contribution in [3.8, 4) is 66.8 Å². The van der Waals surface area contributed by atoms with Gasteiger partial charge in [0.25, 0.3) is 0 Å². The van der Waals surface area contributed by atoms with Crippen LogP contribution in [0.25, 0.3) is 66.8 Å². The summed E-state index contributed by atoms with van der Waals surface area (Å²) in [7, 11) is 0. The van der Waals surface area contributed by atoms with Crippen molar-refractivity contribution in [2.45, 2.75) is 26.7 Å². The van der Waals surface area contributed by atoms with E-state index >= 15 is 0 Å². The molecule has 7 rings (SSSR count). The molecule has 0 aliphatic heterocycles. The molecule has 7 aromatic rings. The minimum Gasteiger partial charge on any atom is -0.0622 e. The molecule has 0 saturated carbocycles. The minimum absolute atomic E-state index is 0.952. The van der Waals surface area contributed by atoms with Crippen LogP contribution in [0.3, 0.4) is 0 Å². The Balaban J connectivity index is 1.86. The summed E-state index contributed by atoms with van der Waals surface area (Å²) >= 11 is 0. The molecule has 0 aliphatic carbocycles. The molecule has 222 valence electrons. The predicted octanol–water partition coefficient (Wildman–Crippen LogP) is 12.8. The summed E-state index contributed by atoms with van der Waals surface area (Å²) in [4.78, 5) is 0. The lowest BCUT2D eigenvalue weighted by molar-refractivity contribution is 1.09. The van der Waals surface area contributed by atoms with Crippen LogP contribution in [-0.2, 0) is 12.8 Å². The van der Waals surface area contributed by atoms with Crippen LogP contribution in [0.15, 0.2) is 170 Å². The Labute approximate surface area is 273 Å². The van der Waals surface area contributed by atoms with Gasteiger partial charge in [-0.15, -0.1) is 0 Å². The molecule has 0 aliphatic rings. The lowest BCUT2D eigenvalue weighted by Gasteiger charge is -2.30. The highest BCUT2D eigenvalue weighted by molar-refractivity contribution is 6.15. The van der Waals surface area contributed by atoms with Gasteiger partial charge in [0.2, 0.25) is 0 Å². The molecule has 0 spiro atoms. The molecule has 0 bridgehead atoms. The van der Waals surface area contributed by atoms with Gasteiger partial charge < -0.3 is 0 Å². The summed E-state index contributed by atoms with van der Waals surface area (Å²) < 4.78 is 0. The van der Waals surface area contributed by atoms with E-state index in [1.54, 1.807) is 0 Å². The van der Waals surface area contributed by atoms with Crippen LogP contribution < -0.4 is 0 Å². The first-order valence-corrected chi connectivity index (χ1v) is 16.4. The third kappa shape index (κ3) is 5.37. The molecule has 0 saturated heterocycles. The van der Waals surface area contributed by atoms with Gasteiger partial charge in [-0.05, 0) is 90.7 Å². The standard InChI is InChI=1S/C46H38/c1-3-33-31-20-32-34(4-2)40(33)46-44(38-27-16-8-17-28-38)42(36-23-12-6-13-24-36)41(35-21-10-5-11-22-35)43(37-25-14-7-15-26-37)45(46)39-29-18-9-19-30-39/h5-32H,3-4H2,1-2H3. The Hall–Kier alpha value is -5.46. The maximum atomic E-state index is 2.33. The van der Waals surface area contributed by atoms with Gasteiger partial charge in [0, 0.05) is 0 Å². The van der Waals surface area contributed by atoms with Crippen molar-refractivity contribution >= 4 is 0 Å². The van der Waals surface area contributed by atoms with Gasteiger partial charge in [0.05, 0.1) is 0 Å². The van der Waals surface area contributed by atoms with E-state index in [4.69, 9.17) is 0 Å². The Morgan fingerprint density at radius 2 is 0.478 bits per heavy atom. The number of benzene rings is 7. The largest absolute Gasteiger partial charge is 0.0622 e. The Bertz CT molecular complexity index is 1930. The Morgan fingerprint density at radius 1 is 0.239 bits per heavy atom. The molecule has 46 heavy (non-hydrogen) atoms. The third-order valence-corrected chi connectivity index (χ3v) is 9.06. The highest BCUT2D eigenvalue weighted by Gasteiger charge is 2.30. The van der Waals surface area contributed by atoms with Crippen LogP contribution in [0.2, 0.25) is 0 Å². The Kier molecular flexibility index (Phi) is 8.44. The van der Waals surface area contributed by atoms with Gasteiger partial charge in [-0.25, -0.2) is 0 Å². The average Bonchev–Trinajstić information content (AvgIpc) is 3.15. The van der Waals surface area contributed by atoms with Gasteiger partial charge in [-0.2, -0.15) is 0 Å². The maximum Gasteiger partial charge on any atom is -0.000834 e. The summed E-state index contributed by atoms with van der Waals surface area (Å²) in [5.41, 5.74) is 17.8. The normalized spacial score (nSPS) is 11.0.